The van der Waals surface area contributed by atoms with Gasteiger partial charge in [-0.15, -0.1) is 0 Å². The van der Waals surface area contributed by atoms with Crippen molar-refractivity contribution < 1.29 is 14.6 Å². The van der Waals surface area contributed by atoms with Crippen LogP contribution in [0.5, 0.6) is 11.5 Å². The van der Waals surface area contributed by atoms with Crippen molar-refractivity contribution in [3.63, 3.8) is 0 Å². The molecule has 0 aliphatic rings. The van der Waals surface area contributed by atoms with Crippen molar-refractivity contribution in [1.82, 2.24) is 9.97 Å². The Hall–Kier alpha value is -3.32. The second kappa shape index (κ2) is 8.86. The molecule has 7 nitrogen and oxygen atoms in total. The van der Waals surface area contributed by atoms with E-state index in [1.807, 2.05) is 54.6 Å². The van der Waals surface area contributed by atoms with Gasteiger partial charge in [-0.05, 0) is 12.1 Å². The fourth-order valence-corrected chi connectivity index (χ4v) is 2.58. The summed E-state index contributed by atoms with van der Waals surface area (Å²) < 4.78 is 10.6. The van der Waals surface area contributed by atoms with Crippen LogP contribution >= 0.6 is 0 Å². The predicted molar refractivity (Wildman–Crippen MR) is 106 cm³/mol. The van der Waals surface area contributed by atoms with Crippen LogP contribution < -0.4 is 20.1 Å². The van der Waals surface area contributed by atoms with Gasteiger partial charge in [0.15, 0.2) is 11.5 Å². The van der Waals surface area contributed by atoms with Crippen LogP contribution in [0.15, 0.2) is 54.6 Å². The summed E-state index contributed by atoms with van der Waals surface area (Å²) in [4.78, 5) is 9.00. The van der Waals surface area contributed by atoms with Crippen molar-refractivity contribution >= 4 is 17.5 Å². The first-order chi connectivity index (χ1) is 13.2. The molecule has 0 bridgehead atoms. The van der Waals surface area contributed by atoms with E-state index in [0.29, 0.717) is 29.8 Å². The van der Waals surface area contributed by atoms with E-state index in [-0.39, 0.29) is 6.61 Å². The number of aromatic nitrogens is 2. The SMILES string of the molecule is COc1ccc(Nc2cc(-c3ccccc3)nc(NCCO)n2)cc1OC. The van der Waals surface area contributed by atoms with Gasteiger partial charge >= 0.3 is 0 Å². The van der Waals surface area contributed by atoms with E-state index < -0.39 is 0 Å². The van der Waals surface area contributed by atoms with Crippen LogP contribution in [0.1, 0.15) is 0 Å². The Morgan fingerprint density at radius 1 is 0.926 bits per heavy atom. The van der Waals surface area contributed by atoms with Crippen molar-refractivity contribution in [2.45, 2.75) is 0 Å². The average molecular weight is 366 g/mol. The molecular formula is C20H22N4O3. The fourth-order valence-electron chi connectivity index (χ4n) is 2.58. The lowest BCUT2D eigenvalue weighted by Gasteiger charge is -2.13. The summed E-state index contributed by atoms with van der Waals surface area (Å²) in [6, 6.07) is 17.3. The van der Waals surface area contributed by atoms with E-state index >= 15 is 0 Å². The highest BCUT2D eigenvalue weighted by Crippen LogP contribution is 2.31. The molecule has 0 spiro atoms. The summed E-state index contributed by atoms with van der Waals surface area (Å²) in [5.41, 5.74) is 2.55. The molecule has 3 N–H and O–H groups in total. The van der Waals surface area contributed by atoms with Crippen LogP contribution in [0.3, 0.4) is 0 Å². The topological polar surface area (TPSA) is 88.5 Å². The van der Waals surface area contributed by atoms with Gasteiger partial charge in [-0.2, -0.15) is 4.98 Å². The third-order valence-electron chi connectivity index (χ3n) is 3.85. The summed E-state index contributed by atoms with van der Waals surface area (Å²) in [7, 11) is 3.19. The number of nitrogens with one attached hydrogen (secondary N) is 2. The molecule has 7 heteroatoms. The van der Waals surface area contributed by atoms with Gasteiger partial charge in [0.25, 0.3) is 0 Å². The maximum Gasteiger partial charge on any atom is 0.225 e. The zero-order valence-electron chi connectivity index (χ0n) is 15.3. The van der Waals surface area contributed by atoms with Crippen molar-refractivity contribution in [1.29, 1.82) is 0 Å². The van der Waals surface area contributed by atoms with E-state index in [0.717, 1.165) is 16.9 Å². The first-order valence-corrected chi connectivity index (χ1v) is 8.52. The molecule has 0 saturated carbocycles. The monoisotopic (exact) mass is 366 g/mol. The first kappa shape index (κ1) is 18.5. The third-order valence-corrected chi connectivity index (χ3v) is 3.85. The van der Waals surface area contributed by atoms with Gasteiger partial charge < -0.3 is 25.2 Å². The molecule has 0 amide bonds. The van der Waals surface area contributed by atoms with Crippen molar-refractivity contribution in [2.24, 2.45) is 0 Å². The van der Waals surface area contributed by atoms with E-state index in [4.69, 9.17) is 14.6 Å². The zero-order chi connectivity index (χ0) is 19.1. The van der Waals surface area contributed by atoms with E-state index in [2.05, 4.69) is 20.6 Å². The molecular weight excluding hydrogens is 344 g/mol. The van der Waals surface area contributed by atoms with Crippen molar-refractivity contribution in [2.75, 3.05) is 38.0 Å². The molecule has 3 rings (SSSR count). The molecule has 0 unspecified atom stereocenters. The normalized spacial score (nSPS) is 10.3. The van der Waals surface area contributed by atoms with Crippen LogP contribution in [-0.4, -0.2) is 42.4 Å². The molecule has 0 atom stereocenters. The number of nitrogens with zero attached hydrogens (tertiary/aromatic N) is 2. The number of anilines is 3. The van der Waals surface area contributed by atoms with Crippen molar-refractivity contribution in [3.05, 3.63) is 54.6 Å². The summed E-state index contributed by atoms with van der Waals surface area (Å²) in [5, 5.41) is 15.3. The van der Waals surface area contributed by atoms with E-state index in [1.165, 1.54) is 0 Å². The number of aliphatic hydroxyl groups is 1. The number of aliphatic hydroxyl groups excluding tert-OH is 1. The number of ether oxygens (including phenoxy) is 2. The molecule has 0 aliphatic carbocycles. The van der Waals surface area contributed by atoms with E-state index in [9.17, 15) is 0 Å². The lowest BCUT2D eigenvalue weighted by molar-refractivity contribution is 0.311. The molecule has 1 heterocycles. The molecule has 0 fully saturated rings. The number of methoxy groups -OCH3 is 2. The van der Waals surface area contributed by atoms with Gasteiger partial charge in [-0.25, -0.2) is 4.98 Å². The van der Waals surface area contributed by atoms with Gasteiger partial charge in [0.05, 0.1) is 26.5 Å². The Bertz CT molecular complexity index is 888. The van der Waals surface area contributed by atoms with Crippen LogP contribution in [0, 0.1) is 0 Å². The maximum atomic E-state index is 9.07. The number of rotatable bonds is 8. The molecule has 0 radical (unpaired) electrons. The Balaban J connectivity index is 1.94. The molecule has 3 aromatic rings. The minimum Gasteiger partial charge on any atom is -0.493 e. The Morgan fingerprint density at radius 3 is 2.41 bits per heavy atom. The van der Waals surface area contributed by atoms with Gasteiger partial charge in [0.1, 0.15) is 5.82 Å². The largest absolute Gasteiger partial charge is 0.493 e. The lowest BCUT2D eigenvalue weighted by Crippen LogP contribution is -2.10. The molecule has 27 heavy (non-hydrogen) atoms. The number of benzene rings is 2. The van der Waals surface area contributed by atoms with Crippen LogP contribution in [0.25, 0.3) is 11.3 Å². The van der Waals surface area contributed by atoms with Gasteiger partial charge in [0, 0.05) is 29.9 Å². The standard InChI is InChI=1S/C20H22N4O3/c1-26-17-9-8-15(12-18(17)27-2)22-19-13-16(14-6-4-3-5-7-14)23-20(24-19)21-10-11-25/h3-9,12-13,25H,10-11H2,1-2H3,(H2,21,22,23,24). The van der Waals surface area contributed by atoms with Crippen LogP contribution in [0.2, 0.25) is 0 Å². The highest BCUT2D eigenvalue weighted by Gasteiger charge is 2.09. The Morgan fingerprint density at radius 2 is 1.70 bits per heavy atom. The van der Waals surface area contributed by atoms with Gasteiger partial charge in [-0.3, -0.25) is 0 Å². The van der Waals surface area contributed by atoms with Gasteiger partial charge in [0.2, 0.25) is 5.95 Å². The number of hydrogen-bond acceptors (Lipinski definition) is 7. The highest BCUT2D eigenvalue weighted by atomic mass is 16.5. The summed E-state index contributed by atoms with van der Waals surface area (Å²) >= 11 is 0. The lowest BCUT2D eigenvalue weighted by atomic mass is 10.1. The van der Waals surface area contributed by atoms with Crippen molar-refractivity contribution in [3.8, 4) is 22.8 Å². The molecule has 0 aliphatic heterocycles. The summed E-state index contributed by atoms with van der Waals surface area (Å²) in [6.45, 7) is 0.366. The smallest absolute Gasteiger partial charge is 0.225 e. The predicted octanol–water partition coefficient (Wildman–Crippen LogP) is 3.31. The number of hydrogen-bond donors (Lipinski definition) is 3. The van der Waals surface area contributed by atoms with Crippen LogP contribution in [0.4, 0.5) is 17.5 Å². The second-order valence-electron chi connectivity index (χ2n) is 5.67. The first-order valence-electron chi connectivity index (χ1n) is 8.52. The van der Waals surface area contributed by atoms with Gasteiger partial charge in [-0.1, -0.05) is 30.3 Å². The maximum absolute atomic E-state index is 9.07. The molecule has 0 saturated heterocycles. The molecule has 140 valence electrons. The average Bonchev–Trinajstić information content (AvgIpc) is 2.72. The minimum absolute atomic E-state index is 0.00261. The minimum atomic E-state index is -0.00261. The van der Waals surface area contributed by atoms with Crippen LogP contribution in [-0.2, 0) is 0 Å². The summed E-state index contributed by atoms with van der Waals surface area (Å²) in [5.74, 6) is 2.34. The Kier molecular flexibility index (Phi) is 6.06. The fraction of sp³-hybridized carbons (Fsp3) is 0.200. The summed E-state index contributed by atoms with van der Waals surface area (Å²) in [6.07, 6.45) is 0. The zero-order valence-corrected chi connectivity index (χ0v) is 15.3. The second-order valence-corrected chi connectivity index (χ2v) is 5.67. The highest BCUT2D eigenvalue weighted by molar-refractivity contribution is 5.68. The molecule has 1 aromatic heterocycles. The third kappa shape index (κ3) is 4.65. The molecule has 2 aromatic carbocycles. The van der Waals surface area contributed by atoms with E-state index in [1.54, 1.807) is 14.2 Å². The quantitative estimate of drug-likeness (QED) is 0.564. The Labute approximate surface area is 158 Å².